The SMILES string of the molecule is Fc1[c]cc(OC(F)(F)F)c(F)c1. The molecular weight excluding hydrogens is 195 g/mol. The summed E-state index contributed by atoms with van der Waals surface area (Å²) in [5.41, 5.74) is 0. The van der Waals surface area contributed by atoms with E-state index in [1.54, 1.807) is 6.07 Å². The molecule has 0 bridgehead atoms. The van der Waals surface area contributed by atoms with Gasteiger partial charge in [0.15, 0.2) is 11.6 Å². The Morgan fingerprint density at radius 2 is 1.85 bits per heavy atom. The van der Waals surface area contributed by atoms with Crippen LogP contribution in [0.15, 0.2) is 12.1 Å². The summed E-state index contributed by atoms with van der Waals surface area (Å²) in [6.45, 7) is 0. The van der Waals surface area contributed by atoms with E-state index in [9.17, 15) is 22.0 Å². The number of rotatable bonds is 1. The first-order chi connectivity index (χ1) is 5.88. The van der Waals surface area contributed by atoms with Gasteiger partial charge in [0, 0.05) is 12.1 Å². The van der Waals surface area contributed by atoms with Crippen LogP contribution in [-0.4, -0.2) is 6.36 Å². The summed E-state index contributed by atoms with van der Waals surface area (Å²) in [7, 11) is 0. The standard InChI is InChI=1S/C7H2F5O/c8-4-1-2-6(5(9)3-4)13-7(10,11)12/h2-3H. The first-order valence-corrected chi connectivity index (χ1v) is 3.01. The van der Waals surface area contributed by atoms with Crippen molar-refractivity contribution in [3.8, 4) is 5.75 Å². The molecule has 1 aromatic carbocycles. The number of ether oxygens (including phenoxy) is 1. The van der Waals surface area contributed by atoms with Crippen LogP contribution in [0.3, 0.4) is 0 Å². The van der Waals surface area contributed by atoms with Gasteiger partial charge in [0.2, 0.25) is 0 Å². The van der Waals surface area contributed by atoms with Crippen LogP contribution in [0.5, 0.6) is 5.75 Å². The molecule has 0 aliphatic heterocycles. The Kier molecular flexibility index (Phi) is 2.40. The molecule has 0 unspecified atom stereocenters. The topological polar surface area (TPSA) is 9.23 Å². The molecule has 1 radical (unpaired) electrons. The smallest absolute Gasteiger partial charge is 0.403 e. The van der Waals surface area contributed by atoms with Crippen molar-refractivity contribution in [3.63, 3.8) is 0 Å². The average molecular weight is 197 g/mol. The van der Waals surface area contributed by atoms with E-state index in [0.717, 1.165) is 0 Å². The summed E-state index contributed by atoms with van der Waals surface area (Å²) in [6.07, 6.45) is -4.99. The van der Waals surface area contributed by atoms with Crippen molar-refractivity contribution in [2.24, 2.45) is 0 Å². The van der Waals surface area contributed by atoms with Gasteiger partial charge in [-0.05, 0) is 6.07 Å². The van der Waals surface area contributed by atoms with E-state index in [-0.39, 0.29) is 6.07 Å². The van der Waals surface area contributed by atoms with Crippen LogP contribution in [-0.2, 0) is 0 Å². The fourth-order valence-electron chi connectivity index (χ4n) is 0.630. The van der Waals surface area contributed by atoms with Crippen LogP contribution in [0, 0.1) is 17.7 Å². The van der Waals surface area contributed by atoms with E-state index in [0.29, 0.717) is 6.07 Å². The Morgan fingerprint density at radius 3 is 2.31 bits per heavy atom. The van der Waals surface area contributed by atoms with Crippen LogP contribution >= 0.6 is 0 Å². The Bertz CT molecular complexity index is 306. The van der Waals surface area contributed by atoms with Crippen LogP contribution in [0.4, 0.5) is 22.0 Å². The molecule has 6 heteroatoms. The summed E-state index contributed by atoms with van der Waals surface area (Å²) in [5.74, 6) is -3.62. The molecule has 0 saturated heterocycles. The van der Waals surface area contributed by atoms with Gasteiger partial charge in [-0.25, -0.2) is 8.78 Å². The Labute approximate surface area is 69.7 Å². The van der Waals surface area contributed by atoms with Crippen LogP contribution in [0.2, 0.25) is 0 Å². The molecule has 13 heavy (non-hydrogen) atoms. The predicted octanol–water partition coefficient (Wildman–Crippen LogP) is 2.66. The highest BCUT2D eigenvalue weighted by atomic mass is 19.4. The second-order valence-corrected chi connectivity index (χ2v) is 2.04. The molecule has 71 valence electrons. The molecule has 0 aliphatic carbocycles. The third-order valence-electron chi connectivity index (χ3n) is 1.06. The van der Waals surface area contributed by atoms with Crippen LogP contribution < -0.4 is 4.74 Å². The maximum Gasteiger partial charge on any atom is 0.573 e. The molecule has 0 aromatic heterocycles. The molecule has 0 N–H and O–H groups in total. The number of hydrogen-bond acceptors (Lipinski definition) is 1. The number of hydrogen-bond donors (Lipinski definition) is 0. The molecule has 0 spiro atoms. The summed E-state index contributed by atoms with van der Waals surface area (Å²) in [6, 6.07) is 2.43. The highest BCUT2D eigenvalue weighted by Gasteiger charge is 2.32. The third kappa shape index (κ3) is 2.89. The van der Waals surface area contributed by atoms with Crippen molar-refractivity contribution in [3.05, 3.63) is 29.8 Å². The zero-order valence-corrected chi connectivity index (χ0v) is 5.95. The third-order valence-corrected chi connectivity index (χ3v) is 1.06. The first-order valence-electron chi connectivity index (χ1n) is 3.01. The highest BCUT2D eigenvalue weighted by molar-refractivity contribution is 5.23. The number of alkyl halides is 3. The van der Waals surface area contributed by atoms with Gasteiger partial charge in [0.05, 0.1) is 0 Å². The maximum absolute atomic E-state index is 12.5. The summed E-state index contributed by atoms with van der Waals surface area (Å²) >= 11 is 0. The van der Waals surface area contributed by atoms with Crippen molar-refractivity contribution in [2.45, 2.75) is 6.36 Å². The normalized spacial score (nSPS) is 11.5. The zero-order chi connectivity index (χ0) is 10.1. The van der Waals surface area contributed by atoms with Gasteiger partial charge in [-0.15, -0.1) is 13.2 Å². The van der Waals surface area contributed by atoms with Crippen LogP contribution in [0.25, 0.3) is 0 Å². The van der Waals surface area contributed by atoms with Gasteiger partial charge in [-0.2, -0.15) is 0 Å². The molecule has 0 amide bonds. The number of halogens is 5. The van der Waals surface area contributed by atoms with Gasteiger partial charge >= 0.3 is 6.36 Å². The molecule has 0 heterocycles. The molecule has 1 aromatic rings. The first kappa shape index (κ1) is 9.76. The predicted molar refractivity (Wildman–Crippen MR) is 31.9 cm³/mol. The van der Waals surface area contributed by atoms with Crippen molar-refractivity contribution >= 4 is 0 Å². The van der Waals surface area contributed by atoms with Gasteiger partial charge in [-0.3, -0.25) is 0 Å². The van der Waals surface area contributed by atoms with Crippen molar-refractivity contribution in [1.29, 1.82) is 0 Å². The second-order valence-electron chi connectivity index (χ2n) is 2.04. The quantitative estimate of drug-likeness (QED) is 0.629. The van der Waals surface area contributed by atoms with E-state index in [1.165, 1.54) is 0 Å². The van der Waals surface area contributed by atoms with Crippen molar-refractivity contribution in [1.82, 2.24) is 0 Å². The highest BCUT2D eigenvalue weighted by Crippen LogP contribution is 2.25. The maximum atomic E-state index is 12.5. The second kappa shape index (κ2) is 3.20. The lowest BCUT2D eigenvalue weighted by Crippen LogP contribution is -2.17. The van der Waals surface area contributed by atoms with Gasteiger partial charge in [-0.1, -0.05) is 0 Å². The van der Waals surface area contributed by atoms with E-state index < -0.39 is 23.7 Å². The lowest BCUT2D eigenvalue weighted by molar-refractivity contribution is -0.275. The van der Waals surface area contributed by atoms with Gasteiger partial charge in [0.1, 0.15) is 5.82 Å². The molecule has 0 atom stereocenters. The fraction of sp³-hybridized carbons (Fsp3) is 0.143. The van der Waals surface area contributed by atoms with E-state index in [2.05, 4.69) is 4.74 Å². The molecule has 1 nitrogen and oxygen atoms in total. The number of benzene rings is 1. The molecule has 0 aliphatic rings. The van der Waals surface area contributed by atoms with Crippen molar-refractivity contribution < 1.29 is 26.7 Å². The van der Waals surface area contributed by atoms with Gasteiger partial charge < -0.3 is 4.74 Å². The Balaban J connectivity index is 2.90. The lowest BCUT2D eigenvalue weighted by atomic mass is 10.3. The lowest BCUT2D eigenvalue weighted by Gasteiger charge is -2.08. The Hall–Kier alpha value is -1.33. The monoisotopic (exact) mass is 197 g/mol. The minimum Gasteiger partial charge on any atom is -0.403 e. The van der Waals surface area contributed by atoms with E-state index in [1.807, 2.05) is 0 Å². The zero-order valence-electron chi connectivity index (χ0n) is 5.95. The largest absolute Gasteiger partial charge is 0.573 e. The molecule has 0 fully saturated rings. The van der Waals surface area contributed by atoms with E-state index in [4.69, 9.17) is 0 Å². The van der Waals surface area contributed by atoms with Crippen LogP contribution in [0.1, 0.15) is 0 Å². The van der Waals surface area contributed by atoms with Crippen molar-refractivity contribution in [2.75, 3.05) is 0 Å². The molecular formula is C7H2F5O. The van der Waals surface area contributed by atoms with Gasteiger partial charge in [0.25, 0.3) is 0 Å². The minimum absolute atomic E-state index is 0.251. The summed E-state index contributed by atoms with van der Waals surface area (Å²) in [5, 5.41) is 0. The fourth-order valence-corrected chi connectivity index (χ4v) is 0.630. The molecule has 0 saturated carbocycles. The average Bonchev–Trinajstić information content (AvgIpc) is 1.93. The summed E-state index contributed by atoms with van der Waals surface area (Å²) in [4.78, 5) is 0. The Morgan fingerprint density at radius 1 is 1.23 bits per heavy atom. The van der Waals surface area contributed by atoms with E-state index >= 15 is 0 Å². The summed E-state index contributed by atoms with van der Waals surface area (Å²) < 4.78 is 62.4. The minimum atomic E-state index is -4.99. The molecule has 1 rings (SSSR count).